The largest absolute Gasteiger partial charge is 0.467 e. The number of rotatable bonds is 3. The highest BCUT2D eigenvalue weighted by molar-refractivity contribution is 7.24. The van der Waals surface area contributed by atoms with Crippen LogP contribution >= 0.6 is 11.3 Å². The molecule has 0 fully saturated rings. The molecule has 0 atom stereocenters. The Morgan fingerprint density at radius 3 is 2.68 bits per heavy atom. The van der Waals surface area contributed by atoms with Crippen LogP contribution in [0, 0.1) is 0 Å². The third-order valence-electron chi connectivity index (χ3n) is 4.14. The summed E-state index contributed by atoms with van der Waals surface area (Å²) in [5.41, 5.74) is -0.567. The Morgan fingerprint density at radius 2 is 1.96 bits per heavy atom. The molecule has 0 aliphatic carbocycles. The van der Waals surface area contributed by atoms with Gasteiger partial charge in [-0.05, 0) is 24.3 Å². The minimum Gasteiger partial charge on any atom is -0.467 e. The summed E-state index contributed by atoms with van der Waals surface area (Å²) in [7, 11) is 0. The van der Waals surface area contributed by atoms with Crippen LogP contribution in [0.3, 0.4) is 0 Å². The molecule has 0 saturated heterocycles. The van der Waals surface area contributed by atoms with E-state index in [2.05, 4.69) is 4.98 Å². The standard InChI is InChI=1S/C19H16N2O3S/c1-11(2)17-20-18-15(16(22)13-7-3-4-8-14(13)25-18)19(23)21(17)10-12-6-5-9-24-12/h3-9,11H,10H2,1-2H3. The van der Waals surface area contributed by atoms with E-state index in [1.807, 2.05) is 32.0 Å². The molecule has 0 radical (unpaired) electrons. The number of hydrogen-bond donors (Lipinski definition) is 0. The van der Waals surface area contributed by atoms with Gasteiger partial charge in [-0.3, -0.25) is 14.2 Å². The Morgan fingerprint density at radius 1 is 1.16 bits per heavy atom. The smallest absolute Gasteiger partial charge is 0.266 e. The lowest BCUT2D eigenvalue weighted by Gasteiger charge is -2.14. The van der Waals surface area contributed by atoms with Crippen molar-refractivity contribution in [3.63, 3.8) is 0 Å². The normalized spacial score (nSPS) is 11.6. The van der Waals surface area contributed by atoms with Crippen LogP contribution in [0.2, 0.25) is 0 Å². The van der Waals surface area contributed by atoms with Crippen LogP contribution < -0.4 is 11.0 Å². The minimum absolute atomic E-state index is 0.0424. The lowest BCUT2D eigenvalue weighted by molar-refractivity contribution is 0.479. The topological polar surface area (TPSA) is 65.1 Å². The maximum Gasteiger partial charge on any atom is 0.266 e. The molecule has 0 bridgehead atoms. The number of furan rings is 1. The van der Waals surface area contributed by atoms with Crippen molar-refractivity contribution in [2.75, 3.05) is 0 Å². The summed E-state index contributed by atoms with van der Waals surface area (Å²) in [5, 5.41) is 0.709. The molecule has 6 heteroatoms. The first-order valence-electron chi connectivity index (χ1n) is 8.05. The predicted molar refractivity (Wildman–Crippen MR) is 99.6 cm³/mol. The van der Waals surface area contributed by atoms with Crippen LogP contribution in [0.15, 0.2) is 56.7 Å². The molecular formula is C19H16N2O3S. The van der Waals surface area contributed by atoms with Gasteiger partial charge in [-0.2, -0.15) is 0 Å². The van der Waals surface area contributed by atoms with E-state index in [0.29, 0.717) is 21.8 Å². The van der Waals surface area contributed by atoms with Crippen LogP contribution in [0.5, 0.6) is 0 Å². The second kappa shape index (κ2) is 5.97. The summed E-state index contributed by atoms with van der Waals surface area (Å²) in [6.45, 7) is 4.23. The molecule has 4 aromatic rings. The van der Waals surface area contributed by atoms with E-state index < -0.39 is 0 Å². The van der Waals surface area contributed by atoms with Gasteiger partial charge in [0.2, 0.25) is 5.43 Å². The molecule has 0 aliphatic heterocycles. The van der Waals surface area contributed by atoms with E-state index in [1.165, 1.54) is 11.3 Å². The minimum atomic E-state index is -0.308. The quantitative estimate of drug-likeness (QED) is 0.527. The van der Waals surface area contributed by atoms with Crippen molar-refractivity contribution in [2.24, 2.45) is 0 Å². The number of benzene rings is 1. The SMILES string of the molecule is CC(C)c1nc2sc3ccccc3c(=O)c2c(=O)n1Cc1ccco1. The van der Waals surface area contributed by atoms with Crippen molar-refractivity contribution < 1.29 is 4.42 Å². The van der Waals surface area contributed by atoms with Gasteiger partial charge in [0.25, 0.3) is 5.56 Å². The first-order chi connectivity index (χ1) is 12.1. The summed E-state index contributed by atoms with van der Waals surface area (Å²) in [4.78, 5) is 31.2. The van der Waals surface area contributed by atoms with E-state index in [1.54, 1.807) is 29.0 Å². The Labute approximate surface area is 147 Å². The van der Waals surface area contributed by atoms with Crippen molar-refractivity contribution >= 4 is 31.6 Å². The fourth-order valence-corrected chi connectivity index (χ4v) is 4.00. The number of hydrogen-bond acceptors (Lipinski definition) is 5. The zero-order valence-electron chi connectivity index (χ0n) is 13.9. The molecular weight excluding hydrogens is 336 g/mol. The predicted octanol–water partition coefficient (Wildman–Crippen LogP) is 3.74. The van der Waals surface area contributed by atoms with Crippen LogP contribution in [-0.4, -0.2) is 9.55 Å². The Bertz CT molecular complexity index is 1190. The molecule has 4 rings (SSSR count). The summed E-state index contributed by atoms with van der Waals surface area (Å²) in [5.74, 6) is 1.35. The number of nitrogens with zero attached hydrogens (tertiary/aromatic N) is 2. The fourth-order valence-electron chi connectivity index (χ4n) is 2.95. The van der Waals surface area contributed by atoms with E-state index in [-0.39, 0.29) is 28.8 Å². The molecule has 3 aromatic heterocycles. The Balaban J connectivity index is 2.10. The van der Waals surface area contributed by atoms with Gasteiger partial charge >= 0.3 is 0 Å². The van der Waals surface area contributed by atoms with E-state index in [4.69, 9.17) is 4.42 Å². The van der Waals surface area contributed by atoms with Crippen LogP contribution in [0.25, 0.3) is 20.3 Å². The van der Waals surface area contributed by atoms with E-state index >= 15 is 0 Å². The van der Waals surface area contributed by atoms with Gasteiger partial charge in [-0.1, -0.05) is 26.0 Å². The molecule has 0 spiro atoms. The molecule has 0 amide bonds. The van der Waals surface area contributed by atoms with Gasteiger partial charge < -0.3 is 4.42 Å². The van der Waals surface area contributed by atoms with Gasteiger partial charge in [0.05, 0.1) is 12.8 Å². The average molecular weight is 352 g/mol. The first-order valence-corrected chi connectivity index (χ1v) is 8.86. The lowest BCUT2D eigenvalue weighted by Crippen LogP contribution is -2.29. The molecule has 5 nitrogen and oxygen atoms in total. The Kier molecular flexibility index (Phi) is 3.77. The molecule has 1 aromatic carbocycles. The van der Waals surface area contributed by atoms with Crippen LogP contribution in [0.4, 0.5) is 0 Å². The zero-order chi connectivity index (χ0) is 17.6. The first kappa shape index (κ1) is 15.8. The molecule has 0 N–H and O–H groups in total. The number of aromatic nitrogens is 2. The average Bonchev–Trinajstić information content (AvgIpc) is 3.10. The summed E-state index contributed by atoms with van der Waals surface area (Å²) < 4.78 is 7.77. The molecule has 126 valence electrons. The highest BCUT2D eigenvalue weighted by atomic mass is 32.1. The van der Waals surface area contributed by atoms with Crippen molar-refractivity contribution in [3.05, 3.63) is 74.8 Å². The van der Waals surface area contributed by atoms with Crippen LogP contribution in [-0.2, 0) is 6.54 Å². The summed E-state index contributed by atoms with van der Waals surface area (Å²) in [6, 6.07) is 10.9. The summed E-state index contributed by atoms with van der Waals surface area (Å²) in [6.07, 6.45) is 1.57. The fraction of sp³-hybridized carbons (Fsp3) is 0.211. The highest BCUT2D eigenvalue weighted by Crippen LogP contribution is 2.23. The summed E-state index contributed by atoms with van der Waals surface area (Å²) >= 11 is 1.38. The molecule has 0 unspecified atom stereocenters. The highest BCUT2D eigenvalue weighted by Gasteiger charge is 2.18. The maximum absolute atomic E-state index is 13.1. The third-order valence-corrected chi connectivity index (χ3v) is 5.21. The van der Waals surface area contributed by atoms with Crippen molar-refractivity contribution in [1.29, 1.82) is 0 Å². The van der Waals surface area contributed by atoms with Crippen molar-refractivity contribution in [2.45, 2.75) is 26.3 Å². The van der Waals surface area contributed by atoms with Gasteiger partial charge in [0, 0.05) is 16.0 Å². The second-order valence-corrected chi connectivity index (χ2v) is 7.23. The van der Waals surface area contributed by atoms with E-state index in [9.17, 15) is 9.59 Å². The molecule has 0 saturated carbocycles. The van der Waals surface area contributed by atoms with E-state index in [0.717, 1.165) is 4.70 Å². The van der Waals surface area contributed by atoms with Gasteiger partial charge in [0.1, 0.15) is 21.8 Å². The number of fused-ring (bicyclic) bond motifs is 2. The monoisotopic (exact) mass is 352 g/mol. The Hall–Kier alpha value is -2.73. The van der Waals surface area contributed by atoms with Gasteiger partial charge in [-0.25, -0.2) is 4.98 Å². The maximum atomic E-state index is 13.1. The van der Waals surface area contributed by atoms with Crippen molar-refractivity contribution in [3.8, 4) is 0 Å². The molecule has 0 aliphatic rings. The van der Waals surface area contributed by atoms with Gasteiger partial charge in [0.15, 0.2) is 0 Å². The van der Waals surface area contributed by atoms with Gasteiger partial charge in [-0.15, -0.1) is 11.3 Å². The lowest BCUT2D eigenvalue weighted by atomic mass is 10.2. The second-order valence-electron chi connectivity index (χ2n) is 6.20. The third kappa shape index (κ3) is 2.59. The molecule has 25 heavy (non-hydrogen) atoms. The van der Waals surface area contributed by atoms with Crippen molar-refractivity contribution in [1.82, 2.24) is 9.55 Å². The van der Waals surface area contributed by atoms with Crippen LogP contribution in [0.1, 0.15) is 31.4 Å². The molecule has 3 heterocycles. The zero-order valence-corrected chi connectivity index (χ0v) is 14.7.